The highest BCUT2D eigenvalue weighted by Gasteiger charge is 2.77. The fourth-order valence-corrected chi connectivity index (χ4v) is 9.96. The lowest BCUT2D eigenvalue weighted by Gasteiger charge is -2.68. The minimum atomic E-state index is -1.91. The fraction of sp³-hybridized carbons (Fsp3) is 0.550. The number of ether oxygens (including phenoxy) is 5. The average molecular weight is 687 g/mol. The Morgan fingerprint density at radius 2 is 1.58 bits per heavy atom. The maximum Gasteiger partial charge on any atom is 0.339 e. The van der Waals surface area contributed by atoms with Gasteiger partial charge in [0.05, 0.1) is 18.1 Å². The van der Waals surface area contributed by atoms with Gasteiger partial charge in [-0.1, -0.05) is 83.1 Å². The summed E-state index contributed by atoms with van der Waals surface area (Å²) >= 11 is 0. The first-order chi connectivity index (χ1) is 23.6. The second-order valence-corrected chi connectivity index (χ2v) is 15.7. The van der Waals surface area contributed by atoms with Crippen LogP contribution in [0.1, 0.15) is 83.3 Å². The van der Waals surface area contributed by atoms with E-state index < -0.39 is 82.3 Å². The fourth-order valence-electron chi connectivity index (χ4n) is 9.96. The summed E-state index contributed by atoms with van der Waals surface area (Å²) in [6.07, 6.45) is -3.91. The van der Waals surface area contributed by atoms with Crippen LogP contribution < -0.4 is 0 Å². The van der Waals surface area contributed by atoms with Crippen molar-refractivity contribution in [2.24, 2.45) is 28.6 Å². The standard InChI is InChI=1S/C40H46O10/c1-21-18-28-39(20-46-28,50-24(4)41)32-34(49-35(43)26-16-12-9-13-17-26)40(45)19-27(47-36(44)31-30(48-31)25-14-10-8-11-15-25)22(2)29(37(40,5)6)23(3)33(42)38(21,32)7/h8-17,21,23,27-28,30-32,34,45H,18-20H2,1-7H3/t21-,23+,27?,28+,30+,31+,32?,34-,38+,39-,40+/m0/s1. The van der Waals surface area contributed by atoms with Gasteiger partial charge in [-0.05, 0) is 48.1 Å². The first-order valence-electron chi connectivity index (χ1n) is 17.5. The van der Waals surface area contributed by atoms with Crippen molar-refractivity contribution in [3.8, 4) is 0 Å². The molecule has 2 saturated carbocycles. The van der Waals surface area contributed by atoms with Crippen LogP contribution in [-0.2, 0) is 38.1 Å². The van der Waals surface area contributed by atoms with Crippen LogP contribution in [0, 0.1) is 28.6 Å². The first-order valence-corrected chi connectivity index (χ1v) is 17.5. The van der Waals surface area contributed by atoms with E-state index in [9.17, 15) is 19.5 Å². The van der Waals surface area contributed by atoms with Crippen molar-refractivity contribution < 1.29 is 48.0 Å². The van der Waals surface area contributed by atoms with Crippen molar-refractivity contribution >= 4 is 23.7 Å². The minimum Gasteiger partial charge on any atom is -0.456 e. The quantitative estimate of drug-likeness (QED) is 0.184. The Labute approximate surface area is 292 Å². The number of carbonyl (C=O) groups excluding carboxylic acids is 4. The molecule has 2 heterocycles. The highest BCUT2D eigenvalue weighted by Crippen LogP contribution is 2.66. The topological polar surface area (TPSA) is 138 Å². The Kier molecular flexibility index (Phi) is 8.20. The molecular weight excluding hydrogens is 640 g/mol. The molecule has 7 rings (SSSR count). The summed E-state index contributed by atoms with van der Waals surface area (Å²) in [6, 6.07) is 17.8. The van der Waals surface area contributed by atoms with E-state index >= 15 is 4.79 Å². The van der Waals surface area contributed by atoms with Crippen molar-refractivity contribution in [2.45, 2.75) is 103 Å². The third-order valence-electron chi connectivity index (χ3n) is 12.8. The van der Waals surface area contributed by atoms with Crippen LogP contribution in [0.3, 0.4) is 0 Å². The van der Waals surface area contributed by atoms with Gasteiger partial charge in [-0.3, -0.25) is 9.59 Å². The van der Waals surface area contributed by atoms with Crippen molar-refractivity contribution in [1.82, 2.24) is 0 Å². The second-order valence-electron chi connectivity index (χ2n) is 15.7. The number of fused-ring (bicyclic) bond motifs is 5. The maximum atomic E-state index is 15.2. The number of carbonyl (C=O) groups is 4. The van der Waals surface area contributed by atoms with E-state index in [1.165, 1.54) is 6.92 Å². The number of hydrogen-bond acceptors (Lipinski definition) is 10. The van der Waals surface area contributed by atoms with Crippen LogP contribution in [0.5, 0.6) is 0 Å². The van der Waals surface area contributed by atoms with Crippen LogP contribution >= 0.6 is 0 Å². The second kappa shape index (κ2) is 11.9. The number of hydrogen-bond donors (Lipinski definition) is 1. The van der Waals surface area contributed by atoms with Gasteiger partial charge in [0.25, 0.3) is 0 Å². The van der Waals surface area contributed by atoms with E-state index in [0.717, 1.165) is 5.56 Å². The maximum absolute atomic E-state index is 15.2. The summed E-state index contributed by atoms with van der Waals surface area (Å²) in [5.74, 6) is -4.00. The molecule has 2 aliphatic heterocycles. The van der Waals surface area contributed by atoms with Gasteiger partial charge in [-0.2, -0.15) is 0 Å². The van der Waals surface area contributed by atoms with Gasteiger partial charge in [-0.15, -0.1) is 0 Å². The molecule has 0 aromatic heterocycles. The minimum absolute atomic E-state index is 0.0260. The number of rotatable bonds is 6. The Balaban J connectivity index is 1.38. The Bertz CT molecular complexity index is 1750. The molecule has 11 atom stereocenters. The molecule has 4 fully saturated rings. The molecule has 0 spiro atoms. The summed E-state index contributed by atoms with van der Waals surface area (Å²) < 4.78 is 30.7. The van der Waals surface area contributed by atoms with Crippen LogP contribution in [0.2, 0.25) is 0 Å². The van der Waals surface area contributed by atoms with Gasteiger partial charge >= 0.3 is 17.9 Å². The zero-order valence-corrected chi connectivity index (χ0v) is 29.6. The summed E-state index contributed by atoms with van der Waals surface area (Å²) in [7, 11) is 0. The monoisotopic (exact) mass is 686 g/mol. The molecule has 10 heteroatoms. The molecule has 5 aliphatic rings. The molecule has 1 N–H and O–H groups in total. The van der Waals surface area contributed by atoms with Crippen molar-refractivity contribution in [3.63, 3.8) is 0 Å². The van der Waals surface area contributed by atoms with Crippen molar-refractivity contribution in [3.05, 3.63) is 82.9 Å². The number of esters is 3. The zero-order chi connectivity index (χ0) is 36.0. The first kappa shape index (κ1) is 34.6. The summed E-state index contributed by atoms with van der Waals surface area (Å²) in [5.41, 5.74) is -3.25. The van der Waals surface area contributed by atoms with E-state index in [1.54, 1.807) is 30.3 Å². The SMILES string of the molecule is CC(=O)O[C@@]12CO[C@@H]1C[C@H](C)[C@@]1(C)C(=O)[C@H](C)C3=C(C)C(OC(=O)[C@@H]4O[C@@H]4c4ccccc4)C[C@@](O)([C@@H](OC(=O)c4ccccc4)C12)C3(C)C. The van der Waals surface area contributed by atoms with Crippen LogP contribution in [0.15, 0.2) is 71.8 Å². The number of benzene rings is 2. The molecular formula is C40H46O10. The lowest BCUT2D eigenvalue weighted by Crippen LogP contribution is -2.80. The number of Topliss-reactive ketones (excluding diaryl/α,β-unsaturated/α-hetero) is 1. The smallest absolute Gasteiger partial charge is 0.339 e. The number of aliphatic hydroxyl groups is 1. The molecule has 2 bridgehead atoms. The van der Waals surface area contributed by atoms with Crippen LogP contribution in [-0.4, -0.2) is 71.0 Å². The normalized spacial score (nSPS) is 39.8. The predicted molar refractivity (Wildman–Crippen MR) is 179 cm³/mol. The highest BCUT2D eigenvalue weighted by atomic mass is 16.6. The Hall–Kier alpha value is -3.86. The number of ketones is 1. The third kappa shape index (κ3) is 4.93. The number of epoxide rings is 1. The average Bonchev–Trinajstić information content (AvgIpc) is 3.88. The Morgan fingerprint density at radius 1 is 0.940 bits per heavy atom. The summed E-state index contributed by atoms with van der Waals surface area (Å²) in [4.78, 5) is 55.8. The van der Waals surface area contributed by atoms with E-state index in [4.69, 9.17) is 23.7 Å². The van der Waals surface area contributed by atoms with Gasteiger partial charge < -0.3 is 28.8 Å². The molecule has 266 valence electrons. The molecule has 2 saturated heterocycles. The molecule has 0 radical (unpaired) electrons. The van der Waals surface area contributed by atoms with Crippen LogP contribution in [0.25, 0.3) is 0 Å². The zero-order valence-electron chi connectivity index (χ0n) is 29.6. The van der Waals surface area contributed by atoms with E-state index in [0.29, 0.717) is 17.6 Å². The highest BCUT2D eigenvalue weighted by molar-refractivity contribution is 5.92. The molecule has 0 amide bonds. The molecule has 50 heavy (non-hydrogen) atoms. The summed E-state index contributed by atoms with van der Waals surface area (Å²) in [5, 5.41) is 13.5. The predicted octanol–water partition coefficient (Wildman–Crippen LogP) is 5.32. The van der Waals surface area contributed by atoms with Crippen molar-refractivity contribution in [2.75, 3.05) is 6.61 Å². The molecule has 2 aromatic rings. The Morgan fingerprint density at radius 3 is 2.18 bits per heavy atom. The largest absolute Gasteiger partial charge is 0.456 e. The van der Waals surface area contributed by atoms with Crippen LogP contribution in [0.4, 0.5) is 0 Å². The van der Waals surface area contributed by atoms with Gasteiger partial charge in [0.2, 0.25) is 0 Å². The third-order valence-corrected chi connectivity index (χ3v) is 12.8. The van der Waals surface area contributed by atoms with Gasteiger partial charge in [0.15, 0.2) is 11.7 Å². The van der Waals surface area contributed by atoms with Crippen molar-refractivity contribution in [1.29, 1.82) is 0 Å². The summed E-state index contributed by atoms with van der Waals surface area (Å²) in [6.45, 7) is 12.4. The van der Waals surface area contributed by atoms with E-state index in [-0.39, 0.29) is 30.3 Å². The van der Waals surface area contributed by atoms with Gasteiger partial charge in [0, 0.05) is 30.1 Å². The molecule has 2 unspecified atom stereocenters. The van der Waals surface area contributed by atoms with E-state index in [2.05, 4.69) is 0 Å². The molecule has 2 aromatic carbocycles. The van der Waals surface area contributed by atoms with E-state index in [1.807, 2.05) is 71.9 Å². The van der Waals surface area contributed by atoms with Gasteiger partial charge in [-0.25, -0.2) is 9.59 Å². The molecule has 3 aliphatic carbocycles. The lowest BCUT2D eigenvalue weighted by atomic mass is 9.42. The van der Waals surface area contributed by atoms with Gasteiger partial charge in [0.1, 0.15) is 35.8 Å². The lowest BCUT2D eigenvalue weighted by molar-refractivity contribution is -0.339. The molecule has 10 nitrogen and oxygen atoms in total.